The summed E-state index contributed by atoms with van der Waals surface area (Å²) in [6.45, 7) is 11.7. The number of fused-ring (bicyclic) bond motifs is 1. The van der Waals surface area contributed by atoms with Gasteiger partial charge in [0.1, 0.15) is 5.69 Å². The van der Waals surface area contributed by atoms with E-state index in [2.05, 4.69) is 59.9 Å². The van der Waals surface area contributed by atoms with Crippen molar-refractivity contribution in [1.82, 2.24) is 29.9 Å². The van der Waals surface area contributed by atoms with Crippen molar-refractivity contribution in [2.24, 2.45) is 18.4 Å². The van der Waals surface area contributed by atoms with Crippen molar-refractivity contribution >= 4 is 5.97 Å². The molecule has 2 aliphatic rings. The van der Waals surface area contributed by atoms with Crippen LogP contribution in [-0.2, 0) is 31.1 Å². The van der Waals surface area contributed by atoms with Crippen molar-refractivity contribution in [2.75, 3.05) is 19.6 Å². The van der Waals surface area contributed by atoms with Gasteiger partial charge in [0, 0.05) is 30.4 Å². The van der Waals surface area contributed by atoms with Gasteiger partial charge in [-0.1, -0.05) is 13.8 Å². The van der Waals surface area contributed by atoms with Gasteiger partial charge in [-0.05, 0) is 99.7 Å². The molecule has 0 atom stereocenters. The lowest BCUT2D eigenvalue weighted by molar-refractivity contribution is -0.143. The lowest BCUT2D eigenvalue weighted by atomic mass is 9.76. The smallest absolute Gasteiger partial charge is 0.306 e. The summed E-state index contributed by atoms with van der Waals surface area (Å²) in [7, 11) is 2.03. The van der Waals surface area contributed by atoms with E-state index in [4.69, 9.17) is 5.10 Å². The minimum Gasteiger partial charge on any atom is -0.481 e. The minimum atomic E-state index is -0.653. The third kappa shape index (κ3) is 4.83. The van der Waals surface area contributed by atoms with Gasteiger partial charge in [-0.25, -0.2) is 0 Å². The molecule has 0 bridgehead atoms. The van der Waals surface area contributed by atoms with E-state index in [1.807, 2.05) is 11.7 Å². The summed E-state index contributed by atoms with van der Waals surface area (Å²) >= 11 is 0. The van der Waals surface area contributed by atoms with Gasteiger partial charge in [0.05, 0.1) is 5.92 Å². The first kappa shape index (κ1) is 24.7. The normalized spacial score (nSPS) is 18.4. The number of carboxylic acids is 1. The standard InChI is InChI=1S/C28H38N6O2/c1-17-14-20(15-18(2)21(17)9-13-34-11-7-19(8-12-34)27(35)36)25-29-26(31-30-25)24-22-6-10-28(3,4)16-23(22)33(5)32-24/h14-15,19H,6-13,16H2,1-5H3,(H,35,36)(H,29,30,31). The highest BCUT2D eigenvalue weighted by Gasteiger charge is 2.31. The van der Waals surface area contributed by atoms with Crippen LogP contribution in [0.25, 0.3) is 22.9 Å². The van der Waals surface area contributed by atoms with Gasteiger partial charge in [0.25, 0.3) is 0 Å². The number of benzene rings is 1. The Morgan fingerprint density at radius 1 is 1.14 bits per heavy atom. The van der Waals surface area contributed by atoms with E-state index >= 15 is 0 Å². The van der Waals surface area contributed by atoms with E-state index in [1.54, 1.807) is 0 Å². The van der Waals surface area contributed by atoms with Crippen LogP contribution in [0.5, 0.6) is 0 Å². The number of hydrogen-bond donors (Lipinski definition) is 2. The van der Waals surface area contributed by atoms with Crippen LogP contribution in [0, 0.1) is 25.2 Å². The van der Waals surface area contributed by atoms with Gasteiger partial charge in [-0.2, -0.15) is 5.10 Å². The number of carbonyl (C=O) groups is 1. The van der Waals surface area contributed by atoms with Crippen molar-refractivity contribution in [3.8, 4) is 22.9 Å². The lowest BCUT2D eigenvalue weighted by Gasteiger charge is -2.30. The summed E-state index contributed by atoms with van der Waals surface area (Å²) in [5.74, 6) is 0.679. The zero-order valence-electron chi connectivity index (χ0n) is 22.2. The molecular formula is C28H38N6O2. The summed E-state index contributed by atoms with van der Waals surface area (Å²) in [6.07, 6.45) is 5.66. The maximum Gasteiger partial charge on any atom is 0.306 e. The minimum absolute atomic E-state index is 0.181. The Hall–Kier alpha value is -3.00. The second-order valence-electron chi connectivity index (χ2n) is 11.6. The molecule has 1 aliphatic carbocycles. The number of nitrogens with one attached hydrogen (secondary N) is 1. The molecule has 0 spiro atoms. The fourth-order valence-electron chi connectivity index (χ4n) is 5.98. The number of rotatable bonds is 6. The number of likely N-dealkylation sites (tertiary alicyclic amines) is 1. The Morgan fingerprint density at radius 2 is 1.81 bits per heavy atom. The average molecular weight is 491 g/mol. The predicted octanol–water partition coefficient (Wildman–Crippen LogP) is 4.34. The Morgan fingerprint density at radius 3 is 2.47 bits per heavy atom. The van der Waals surface area contributed by atoms with Crippen LogP contribution in [0.15, 0.2) is 12.1 Å². The number of aromatic amines is 1. The molecule has 2 aromatic heterocycles. The highest BCUT2D eigenvalue weighted by molar-refractivity contribution is 5.70. The van der Waals surface area contributed by atoms with Crippen LogP contribution < -0.4 is 0 Å². The van der Waals surface area contributed by atoms with Crippen LogP contribution in [0.3, 0.4) is 0 Å². The molecule has 1 aliphatic heterocycles. The van der Waals surface area contributed by atoms with Crippen LogP contribution in [0.1, 0.15) is 61.1 Å². The van der Waals surface area contributed by atoms with Gasteiger partial charge < -0.3 is 15.0 Å². The van der Waals surface area contributed by atoms with Crippen molar-refractivity contribution < 1.29 is 9.90 Å². The number of H-pyrrole nitrogens is 1. The van der Waals surface area contributed by atoms with Crippen LogP contribution in [0.4, 0.5) is 0 Å². The maximum absolute atomic E-state index is 11.2. The number of aryl methyl sites for hydroxylation is 3. The van der Waals surface area contributed by atoms with Gasteiger partial charge in [-0.15, -0.1) is 10.2 Å². The van der Waals surface area contributed by atoms with Crippen LogP contribution in [0.2, 0.25) is 0 Å². The molecule has 2 N–H and O–H groups in total. The predicted molar refractivity (Wildman–Crippen MR) is 140 cm³/mol. The first-order chi connectivity index (χ1) is 17.1. The van der Waals surface area contributed by atoms with Gasteiger partial charge >= 0.3 is 5.97 Å². The van der Waals surface area contributed by atoms with Crippen molar-refractivity contribution in [3.63, 3.8) is 0 Å². The maximum atomic E-state index is 11.2. The first-order valence-corrected chi connectivity index (χ1v) is 13.1. The SMILES string of the molecule is Cc1cc(-c2nnc(-c3nn(C)c4c3CCC(C)(C)C4)[nH]2)cc(C)c1CCN1CCC(C(=O)O)CC1. The Balaban J connectivity index is 1.31. The molecule has 36 heavy (non-hydrogen) atoms. The van der Waals surface area contributed by atoms with E-state index in [0.29, 0.717) is 5.41 Å². The molecule has 3 aromatic rings. The van der Waals surface area contributed by atoms with Crippen LogP contribution >= 0.6 is 0 Å². The molecule has 5 rings (SSSR count). The van der Waals surface area contributed by atoms with Crippen molar-refractivity contribution in [1.29, 1.82) is 0 Å². The fraction of sp³-hybridized carbons (Fsp3) is 0.571. The van der Waals surface area contributed by atoms with E-state index in [1.165, 1.54) is 27.9 Å². The zero-order valence-corrected chi connectivity index (χ0v) is 22.2. The summed E-state index contributed by atoms with van der Waals surface area (Å²) in [6, 6.07) is 4.39. The molecule has 1 aromatic carbocycles. The molecule has 1 saturated heterocycles. The number of nitrogens with zero attached hydrogens (tertiary/aromatic N) is 5. The molecule has 0 saturated carbocycles. The fourth-order valence-corrected chi connectivity index (χ4v) is 5.98. The largest absolute Gasteiger partial charge is 0.481 e. The molecule has 3 heterocycles. The molecule has 8 nitrogen and oxygen atoms in total. The number of aliphatic carboxylic acids is 1. The second kappa shape index (κ2) is 9.47. The summed E-state index contributed by atoms with van der Waals surface area (Å²) in [5.41, 5.74) is 8.74. The molecule has 8 heteroatoms. The molecule has 192 valence electrons. The molecule has 0 radical (unpaired) electrons. The average Bonchev–Trinajstić information content (AvgIpc) is 3.43. The van der Waals surface area contributed by atoms with Gasteiger partial charge in [0.2, 0.25) is 0 Å². The van der Waals surface area contributed by atoms with Gasteiger partial charge in [-0.3, -0.25) is 9.48 Å². The Labute approximate surface area is 213 Å². The molecule has 0 unspecified atom stereocenters. The quantitative estimate of drug-likeness (QED) is 0.533. The van der Waals surface area contributed by atoms with E-state index in [0.717, 1.165) is 81.1 Å². The molecular weight excluding hydrogens is 452 g/mol. The zero-order chi connectivity index (χ0) is 25.6. The third-order valence-corrected chi connectivity index (χ3v) is 8.27. The highest BCUT2D eigenvalue weighted by atomic mass is 16.4. The highest BCUT2D eigenvalue weighted by Crippen LogP contribution is 2.38. The summed E-state index contributed by atoms with van der Waals surface area (Å²) in [5, 5.41) is 23.0. The number of piperidine rings is 1. The van der Waals surface area contributed by atoms with E-state index in [9.17, 15) is 9.90 Å². The van der Waals surface area contributed by atoms with Crippen molar-refractivity contribution in [3.05, 3.63) is 40.1 Å². The lowest BCUT2D eigenvalue weighted by Crippen LogP contribution is -2.37. The van der Waals surface area contributed by atoms with E-state index in [-0.39, 0.29) is 5.92 Å². The molecule has 1 fully saturated rings. The second-order valence-corrected chi connectivity index (χ2v) is 11.6. The first-order valence-electron chi connectivity index (χ1n) is 13.1. The number of aromatic nitrogens is 5. The van der Waals surface area contributed by atoms with E-state index < -0.39 is 5.97 Å². The monoisotopic (exact) mass is 490 g/mol. The molecule has 0 amide bonds. The van der Waals surface area contributed by atoms with Gasteiger partial charge in [0.15, 0.2) is 11.6 Å². The number of hydrogen-bond acceptors (Lipinski definition) is 5. The summed E-state index contributed by atoms with van der Waals surface area (Å²) < 4.78 is 2.01. The van der Waals surface area contributed by atoms with Crippen molar-refractivity contribution in [2.45, 2.75) is 66.2 Å². The third-order valence-electron chi connectivity index (χ3n) is 8.27. The number of carboxylic acid groups (broad SMARTS) is 1. The van der Waals surface area contributed by atoms with Crippen LogP contribution in [-0.4, -0.2) is 60.6 Å². The topological polar surface area (TPSA) is 99.9 Å². The summed E-state index contributed by atoms with van der Waals surface area (Å²) in [4.78, 5) is 17.1. The Kier molecular flexibility index (Phi) is 6.49. The Bertz CT molecular complexity index is 1260.